The van der Waals surface area contributed by atoms with Crippen molar-refractivity contribution >= 4 is 58.0 Å². The van der Waals surface area contributed by atoms with Gasteiger partial charge in [0, 0.05) is 16.4 Å². The number of amides is 3. The van der Waals surface area contributed by atoms with Gasteiger partial charge in [-0.25, -0.2) is 5.43 Å². The molecule has 2 rings (SSSR count). The van der Waals surface area contributed by atoms with Crippen LogP contribution in [0.3, 0.4) is 0 Å². The Morgan fingerprint density at radius 1 is 0.963 bits per heavy atom. The van der Waals surface area contributed by atoms with Gasteiger partial charge >= 0.3 is 11.8 Å². The number of halogens is 2. The molecule has 0 saturated carbocycles. The predicted molar refractivity (Wildman–Crippen MR) is 106 cm³/mol. The zero-order valence-corrected chi connectivity index (χ0v) is 15.8. The lowest BCUT2D eigenvalue weighted by atomic mass is 10.2. The molecule has 0 unspecified atom stereocenters. The molecule has 2 aromatic rings. The van der Waals surface area contributed by atoms with Gasteiger partial charge in [0.05, 0.1) is 17.1 Å². The summed E-state index contributed by atoms with van der Waals surface area (Å²) in [7, 11) is 0. The summed E-state index contributed by atoms with van der Waals surface area (Å²) in [4.78, 5) is 35.5. The fourth-order valence-electron chi connectivity index (χ4n) is 1.96. The highest BCUT2D eigenvalue weighted by atomic mass is 35.5. The third kappa shape index (κ3) is 6.73. The van der Waals surface area contributed by atoms with Crippen molar-refractivity contribution in [2.45, 2.75) is 13.3 Å². The molecule has 27 heavy (non-hydrogen) atoms. The first-order chi connectivity index (χ1) is 12.8. The van der Waals surface area contributed by atoms with E-state index in [-0.39, 0.29) is 12.3 Å². The van der Waals surface area contributed by atoms with Crippen LogP contribution in [0.15, 0.2) is 53.6 Å². The Labute approximate surface area is 165 Å². The van der Waals surface area contributed by atoms with Gasteiger partial charge in [0.25, 0.3) is 0 Å². The maximum Gasteiger partial charge on any atom is 0.329 e. The molecule has 0 aromatic heterocycles. The lowest BCUT2D eigenvalue weighted by Gasteiger charge is -2.07. The summed E-state index contributed by atoms with van der Waals surface area (Å²) in [5.41, 5.74) is 3.30. The van der Waals surface area contributed by atoms with Gasteiger partial charge in [0.2, 0.25) is 5.91 Å². The van der Waals surface area contributed by atoms with Crippen LogP contribution in [0, 0.1) is 0 Å². The van der Waals surface area contributed by atoms with E-state index >= 15 is 0 Å². The highest BCUT2D eigenvalue weighted by molar-refractivity contribution is 6.39. The summed E-state index contributed by atoms with van der Waals surface area (Å²) in [5, 5.41) is 9.53. The van der Waals surface area contributed by atoms with Gasteiger partial charge in [-0.3, -0.25) is 14.4 Å². The van der Waals surface area contributed by atoms with Gasteiger partial charge in [-0.2, -0.15) is 5.10 Å². The van der Waals surface area contributed by atoms with Crippen LogP contribution in [0.2, 0.25) is 10.0 Å². The second-order valence-corrected chi connectivity index (χ2v) is 6.30. The van der Waals surface area contributed by atoms with Crippen molar-refractivity contribution in [2.75, 3.05) is 10.6 Å². The average molecular weight is 407 g/mol. The third-order valence-electron chi connectivity index (χ3n) is 3.21. The smallest absolute Gasteiger partial charge is 0.324 e. The van der Waals surface area contributed by atoms with E-state index in [2.05, 4.69) is 21.2 Å². The highest BCUT2D eigenvalue weighted by Gasteiger charge is 2.13. The topological polar surface area (TPSA) is 99.7 Å². The maximum absolute atomic E-state index is 12.0. The van der Waals surface area contributed by atoms with Crippen molar-refractivity contribution in [1.82, 2.24) is 5.43 Å². The molecular formula is C18H16Cl2N4O3. The van der Waals surface area contributed by atoms with Gasteiger partial charge in [0.15, 0.2) is 0 Å². The number of nitrogens with one attached hydrogen (secondary N) is 3. The fraction of sp³-hybridized carbons (Fsp3) is 0.111. The van der Waals surface area contributed by atoms with Gasteiger partial charge < -0.3 is 10.6 Å². The Morgan fingerprint density at radius 2 is 1.67 bits per heavy atom. The van der Waals surface area contributed by atoms with E-state index in [4.69, 9.17) is 23.2 Å². The summed E-state index contributed by atoms with van der Waals surface area (Å²) in [6.45, 7) is 1.54. The number of rotatable bonds is 5. The summed E-state index contributed by atoms with van der Waals surface area (Å²) in [5.74, 6) is -2.20. The summed E-state index contributed by atoms with van der Waals surface area (Å²) < 4.78 is 0. The summed E-state index contributed by atoms with van der Waals surface area (Å²) in [6.07, 6.45) is -0.0977. The van der Waals surface area contributed by atoms with Crippen molar-refractivity contribution < 1.29 is 14.4 Å². The average Bonchev–Trinajstić information content (AvgIpc) is 2.62. The fourth-order valence-corrected chi connectivity index (χ4v) is 2.42. The van der Waals surface area contributed by atoms with Crippen molar-refractivity contribution in [3.63, 3.8) is 0 Å². The van der Waals surface area contributed by atoms with E-state index in [1.807, 2.05) is 0 Å². The number of hydrogen-bond donors (Lipinski definition) is 3. The highest BCUT2D eigenvalue weighted by Crippen LogP contribution is 2.25. The van der Waals surface area contributed by atoms with Crippen LogP contribution in [0.25, 0.3) is 0 Å². The molecule has 3 amide bonds. The van der Waals surface area contributed by atoms with Crippen molar-refractivity contribution in [3.8, 4) is 0 Å². The van der Waals surface area contributed by atoms with Crippen molar-refractivity contribution in [2.24, 2.45) is 5.10 Å². The molecule has 7 nitrogen and oxygen atoms in total. The molecule has 0 aliphatic heterocycles. The lowest BCUT2D eigenvalue weighted by molar-refractivity contribution is -0.136. The molecule has 0 aliphatic rings. The lowest BCUT2D eigenvalue weighted by Crippen LogP contribution is -2.33. The minimum absolute atomic E-state index is 0.0977. The van der Waals surface area contributed by atoms with Crippen LogP contribution < -0.4 is 16.1 Å². The normalized spacial score (nSPS) is 10.9. The quantitative estimate of drug-likeness (QED) is 0.402. The van der Waals surface area contributed by atoms with Crippen LogP contribution in [0.5, 0.6) is 0 Å². The number of carbonyl (C=O) groups excluding carboxylic acids is 3. The first kappa shape index (κ1) is 20.4. The zero-order valence-electron chi connectivity index (χ0n) is 14.3. The van der Waals surface area contributed by atoms with Crippen LogP contribution >= 0.6 is 23.2 Å². The number of nitrogens with zero attached hydrogens (tertiary/aromatic N) is 1. The molecule has 0 fully saturated rings. The summed E-state index contributed by atoms with van der Waals surface area (Å²) >= 11 is 11.8. The molecule has 2 aromatic carbocycles. The van der Waals surface area contributed by atoms with Gasteiger partial charge in [-0.1, -0.05) is 41.4 Å². The van der Waals surface area contributed by atoms with Crippen molar-refractivity contribution in [1.29, 1.82) is 0 Å². The third-order valence-corrected chi connectivity index (χ3v) is 3.76. The minimum Gasteiger partial charge on any atom is -0.324 e. The van der Waals surface area contributed by atoms with E-state index in [1.165, 1.54) is 6.07 Å². The van der Waals surface area contributed by atoms with Crippen LogP contribution in [0.4, 0.5) is 11.4 Å². The van der Waals surface area contributed by atoms with E-state index in [0.29, 0.717) is 27.1 Å². The van der Waals surface area contributed by atoms with E-state index in [9.17, 15) is 14.4 Å². The Morgan fingerprint density at radius 3 is 2.33 bits per heavy atom. The molecule has 140 valence electrons. The number of benzene rings is 2. The Kier molecular flexibility index (Phi) is 7.34. The maximum atomic E-state index is 12.0. The van der Waals surface area contributed by atoms with Crippen LogP contribution in [0.1, 0.15) is 13.3 Å². The standard InChI is InChI=1S/C18H16Cl2N4O3/c1-11(9-16(25)22-15-8-7-12(19)10-14(15)20)23-24-18(27)17(26)21-13-5-3-2-4-6-13/h2-8,10H,9H2,1H3,(H,21,26)(H,22,25)(H,24,27)/b23-11+. The largest absolute Gasteiger partial charge is 0.329 e. The Balaban J connectivity index is 1.84. The van der Waals surface area contributed by atoms with Gasteiger partial charge in [-0.15, -0.1) is 0 Å². The zero-order chi connectivity index (χ0) is 19.8. The Hall–Kier alpha value is -2.90. The first-order valence-corrected chi connectivity index (χ1v) is 8.55. The molecule has 3 N–H and O–H groups in total. The molecule has 0 radical (unpaired) electrons. The number of anilines is 2. The monoisotopic (exact) mass is 406 g/mol. The van der Waals surface area contributed by atoms with Crippen molar-refractivity contribution in [3.05, 3.63) is 58.6 Å². The van der Waals surface area contributed by atoms with E-state index in [0.717, 1.165) is 0 Å². The first-order valence-electron chi connectivity index (χ1n) is 7.79. The molecule has 0 spiro atoms. The molecule has 9 heteroatoms. The van der Waals surface area contributed by atoms with Crippen LogP contribution in [-0.4, -0.2) is 23.4 Å². The number of hydrogen-bond acceptors (Lipinski definition) is 4. The molecule has 0 bridgehead atoms. The van der Waals surface area contributed by atoms with E-state index in [1.54, 1.807) is 49.4 Å². The molecular weight excluding hydrogens is 391 g/mol. The predicted octanol–water partition coefficient (Wildman–Crippen LogP) is 3.45. The Bertz CT molecular complexity index is 885. The molecule has 0 atom stereocenters. The van der Waals surface area contributed by atoms with Gasteiger partial charge in [0.1, 0.15) is 0 Å². The van der Waals surface area contributed by atoms with Gasteiger partial charge in [-0.05, 0) is 37.3 Å². The number of para-hydroxylation sites is 1. The molecule has 0 aliphatic carbocycles. The second kappa shape index (κ2) is 9.70. The van der Waals surface area contributed by atoms with E-state index < -0.39 is 11.8 Å². The molecule has 0 heterocycles. The number of carbonyl (C=O) groups is 3. The van der Waals surface area contributed by atoms with Crippen LogP contribution in [-0.2, 0) is 14.4 Å². The number of hydrazone groups is 1. The molecule has 0 saturated heterocycles. The summed E-state index contributed by atoms with van der Waals surface area (Å²) in [6, 6.07) is 13.2. The minimum atomic E-state index is -0.945. The second-order valence-electron chi connectivity index (χ2n) is 5.46. The SMILES string of the molecule is C/C(CC(=O)Nc1ccc(Cl)cc1Cl)=N\NC(=O)C(=O)Nc1ccccc1.